The number of benzene rings is 1. The minimum absolute atomic E-state index is 0.546. The molecule has 1 aromatic heterocycles. The van der Waals surface area contributed by atoms with E-state index in [1.165, 1.54) is 5.56 Å². The van der Waals surface area contributed by atoms with Crippen LogP contribution in [0.1, 0.15) is 31.7 Å². The van der Waals surface area contributed by atoms with E-state index >= 15 is 0 Å². The number of halogens is 1. The van der Waals surface area contributed by atoms with Gasteiger partial charge in [-0.25, -0.2) is 4.98 Å². The fourth-order valence-corrected chi connectivity index (χ4v) is 2.92. The summed E-state index contributed by atoms with van der Waals surface area (Å²) in [6, 6.07) is 8.22. The van der Waals surface area contributed by atoms with Crippen molar-refractivity contribution in [3.8, 4) is 0 Å². The molecular weight excluding hydrogens is 276 g/mol. The number of hydrogen-bond acceptors (Lipinski definition) is 3. The molecule has 2 nitrogen and oxygen atoms in total. The molecule has 0 aliphatic heterocycles. The Morgan fingerprint density at radius 2 is 2.00 bits per heavy atom. The zero-order chi connectivity index (χ0) is 13.7. The van der Waals surface area contributed by atoms with Crippen molar-refractivity contribution in [1.82, 2.24) is 4.98 Å². The van der Waals surface area contributed by atoms with Crippen LogP contribution in [0.2, 0.25) is 5.02 Å². The first-order valence-corrected chi connectivity index (χ1v) is 7.81. The predicted octanol–water partition coefficient (Wildman–Crippen LogP) is 5.04. The Hall–Kier alpha value is -1.06. The number of nitrogens with zero attached hydrogens (tertiary/aromatic N) is 1. The Labute approximate surface area is 123 Å². The van der Waals surface area contributed by atoms with Gasteiger partial charge in [-0.3, -0.25) is 0 Å². The van der Waals surface area contributed by atoms with E-state index in [0.717, 1.165) is 23.1 Å². The minimum Gasteiger partial charge on any atom is -0.362 e. The van der Waals surface area contributed by atoms with Crippen LogP contribution in [0, 0.1) is 5.92 Å². The number of rotatable bonds is 6. The van der Waals surface area contributed by atoms with Gasteiger partial charge in [0, 0.05) is 23.1 Å². The molecule has 1 aromatic carbocycles. The average molecular weight is 295 g/mol. The number of aromatic nitrogens is 1. The largest absolute Gasteiger partial charge is 0.362 e. The molecule has 102 valence electrons. The Balaban J connectivity index is 1.94. The summed E-state index contributed by atoms with van der Waals surface area (Å²) >= 11 is 7.59. The summed E-state index contributed by atoms with van der Waals surface area (Å²) in [5.74, 6) is 1.16. The third-order valence-electron chi connectivity index (χ3n) is 3.27. The number of thiazole rings is 1. The monoisotopic (exact) mass is 294 g/mol. The molecule has 0 fully saturated rings. The van der Waals surface area contributed by atoms with Crippen molar-refractivity contribution in [3.63, 3.8) is 0 Å². The van der Waals surface area contributed by atoms with E-state index in [-0.39, 0.29) is 0 Å². The summed E-state index contributed by atoms with van der Waals surface area (Å²) in [6.07, 6.45) is 2.92. The van der Waals surface area contributed by atoms with Gasteiger partial charge in [-0.2, -0.15) is 0 Å². The minimum atomic E-state index is 0.546. The lowest BCUT2D eigenvalue weighted by Gasteiger charge is -2.21. The van der Waals surface area contributed by atoms with Gasteiger partial charge in [0.1, 0.15) is 0 Å². The smallest absolute Gasteiger partial charge is 0.182 e. The summed E-state index contributed by atoms with van der Waals surface area (Å²) in [5.41, 5.74) is 1.36. The molecular formula is C15H19ClN2S. The molecule has 0 unspecified atom stereocenters. The lowest BCUT2D eigenvalue weighted by atomic mass is 9.86. The van der Waals surface area contributed by atoms with E-state index in [9.17, 15) is 0 Å². The van der Waals surface area contributed by atoms with Crippen molar-refractivity contribution >= 4 is 28.1 Å². The highest BCUT2D eigenvalue weighted by atomic mass is 35.5. The summed E-state index contributed by atoms with van der Waals surface area (Å²) in [6.45, 7) is 5.48. The summed E-state index contributed by atoms with van der Waals surface area (Å²) < 4.78 is 0. The summed E-state index contributed by atoms with van der Waals surface area (Å²) in [5, 5.41) is 7.16. The van der Waals surface area contributed by atoms with Gasteiger partial charge in [-0.1, -0.05) is 37.6 Å². The third-order valence-corrected chi connectivity index (χ3v) is 4.25. The summed E-state index contributed by atoms with van der Waals surface area (Å²) in [7, 11) is 0. The van der Waals surface area contributed by atoms with E-state index in [0.29, 0.717) is 11.8 Å². The van der Waals surface area contributed by atoms with Crippen molar-refractivity contribution in [1.29, 1.82) is 0 Å². The van der Waals surface area contributed by atoms with Crippen molar-refractivity contribution in [3.05, 3.63) is 46.4 Å². The lowest BCUT2D eigenvalue weighted by Crippen LogP contribution is -2.12. The van der Waals surface area contributed by atoms with Crippen LogP contribution in [0.4, 0.5) is 5.13 Å². The third kappa shape index (κ3) is 4.22. The van der Waals surface area contributed by atoms with E-state index in [2.05, 4.69) is 36.3 Å². The zero-order valence-electron chi connectivity index (χ0n) is 11.3. The molecule has 0 spiro atoms. The molecule has 0 amide bonds. The van der Waals surface area contributed by atoms with Gasteiger partial charge in [0.15, 0.2) is 5.13 Å². The van der Waals surface area contributed by atoms with Gasteiger partial charge < -0.3 is 5.32 Å². The highest BCUT2D eigenvalue weighted by Gasteiger charge is 2.15. The maximum Gasteiger partial charge on any atom is 0.182 e. The first kappa shape index (κ1) is 14.4. The molecule has 2 rings (SSSR count). The fourth-order valence-electron chi connectivity index (χ4n) is 2.24. The molecule has 1 heterocycles. The second-order valence-corrected chi connectivity index (χ2v) is 6.29. The van der Waals surface area contributed by atoms with E-state index in [1.807, 2.05) is 23.7 Å². The van der Waals surface area contributed by atoms with Crippen LogP contribution in [0.15, 0.2) is 35.8 Å². The molecule has 0 radical (unpaired) electrons. The molecule has 0 aliphatic carbocycles. The zero-order valence-corrected chi connectivity index (χ0v) is 12.8. The maximum atomic E-state index is 5.95. The Morgan fingerprint density at radius 1 is 1.26 bits per heavy atom. The van der Waals surface area contributed by atoms with E-state index in [4.69, 9.17) is 11.6 Å². The van der Waals surface area contributed by atoms with Crippen molar-refractivity contribution < 1.29 is 0 Å². The molecule has 2 aromatic rings. The van der Waals surface area contributed by atoms with Crippen LogP contribution in [-0.2, 0) is 0 Å². The van der Waals surface area contributed by atoms with E-state index < -0.39 is 0 Å². The molecule has 0 saturated carbocycles. The van der Waals surface area contributed by atoms with Gasteiger partial charge >= 0.3 is 0 Å². The number of nitrogens with one attached hydrogen (secondary N) is 1. The van der Waals surface area contributed by atoms with Gasteiger partial charge in [-0.15, -0.1) is 11.3 Å². The fraction of sp³-hybridized carbons (Fsp3) is 0.400. The molecule has 19 heavy (non-hydrogen) atoms. The summed E-state index contributed by atoms with van der Waals surface area (Å²) in [4.78, 5) is 4.23. The maximum absolute atomic E-state index is 5.95. The Morgan fingerprint density at radius 3 is 2.58 bits per heavy atom. The molecule has 4 heteroatoms. The second kappa shape index (κ2) is 6.92. The first-order valence-electron chi connectivity index (χ1n) is 6.55. The van der Waals surface area contributed by atoms with Crippen molar-refractivity contribution in [2.75, 3.05) is 11.9 Å². The highest BCUT2D eigenvalue weighted by Crippen LogP contribution is 2.29. The van der Waals surface area contributed by atoms with Crippen LogP contribution in [0.5, 0.6) is 0 Å². The van der Waals surface area contributed by atoms with Crippen molar-refractivity contribution in [2.45, 2.75) is 26.2 Å². The highest BCUT2D eigenvalue weighted by molar-refractivity contribution is 7.13. The predicted molar refractivity (Wildman–Crippen MR) is 84.3 cm³/mol. The van der Waals surface area contributed by atoms with Gasteiger partial charge in [0.25, 0.3) is 0 Å². The quantitative estimate of drug-likeness (QED) is 0.807. The number of hydrogen-bond donors (Lipinski definition) is 1. The molecule has 1 atom stereocenters. The first-order chi connectivity index (χ1) is 9.16. The van der Waals surface area contributed by atoms with Crippen LogP contribution in [-0.4, -0.2) is 11.5 Å². The average Bonchev–Trinajstić information content (AvgIpc) is 2.89. The standard InChI is InChI=1S/C15H19ClN2S/c1-11(2)14(12-3-5-13(16)6-4-12)7-8-17-15-18-9-10-19-15/h3-6,9-11,14H,7-8H2,1-2H3,(H,17,18)/t14-/m1/s1. The van der Waals surface area contributed by atoms with Gasteiger partial charge in [0.2, 0.25) is 0 Å². The molecule has 0 saturated heterocycles. The van der Waals surface area contributed by atoms with Gasteiger partial charge in [-0.05, 0) is 36.0 Å². The van der Waals surface area contributed by atoms with E-state index in [1.54, 1.807) is 11.3 Å². The molecule has 0 aliphatic rings. The molecule has 1 N–H and O–H groups in total. The van der Waals surface area contributed by atoms with Crippen LogP contribution in [0.3, 0.4) is 0 Å². The molecule has 0 bridgehead atoms. The number of anilines is 1. The normalized spacial score (nSPS) is 12.6. The van der Waals surface area contributed by atoms with Crippen LogP contribution >= 0.6 is 22.9 Å². The van der Waals surface area contributed by atoms with Gasteiger partial charge in [0.05, 0.1) is 0 Å². The van der Waals surface area contributed by atoms with Crippen molar-refractivity contribution in [2.24, 2.45) is 5.92 Å². The lowest BCUT2D eigenvalue weighted by molar-refractivity contribution is 0.478. The van der Waals surface area contributed by atoms with Crippen LogP contribution < -0.4 is 5.32 Å². The Kier molecular flexibility index (Phi) is 5.23. The second-order valence-electron chi connectivity index (χ2n) is 4.95. The van der Waals surface area contributed by atoms with Crippen LogP contribution in [0.25, 0.3) is 0 Å². The Bertz CT molecular complexity index is 479. The topological polar surface area (TPSA) is 24.9 Å². The SMILES string of the molecule is CC(C)[C@@H](CCNc1nccs1)c1ccc(Cl)cc1.